The molecule has 0 bridgehead atoms. The number of rotatable bonds is 8. The number of para-hydroxylation sites is 1. The van der Waals surface area contributed by atoms with Crippen LogP contribution in [-0.2, 0) is 16.6 Å². The lowest BCUT2D eigenvalue weighted by atomic mass is 10.2. The number of hydrogen-bond donors (Lipinski definition) is 1. The van der Waals surface area contributed by atoms with E-state index in [-0.39, 0.29) is 11.6 Å². The van der Waals surface area contributed by atoms with Gasteiger partial charge in [0.1, 0.15) is 0 Å². The Kier molecular flexibility index (Phi) is 6.03. The monoisotopic (exact) mass is 382 g/mol. The first-order valence-electron chi connectivity index (χ1n) is 8.78. The summed E-state index contributed by atoms with van der Waals surface area (Å²) in [7, 11) is -3.38. The van der Waals surface area contributed by atoms with E-state index in [9.17, 15) is 8.42 Å². The Labute approximate surface area is 159 Å². The smallest absolute Gasteiger partial charge is 0.233 e. The molecule has 3 rings (SSSR count). The molecule has 0 spiro atoms. The van der Waals surface area contributed by atoms with Crippen LogP contribution < -0.4 is 9.62 Å². The fraction of sp³-hybridized carbons (Fsp3) is 0.200. The van der Waals surface area contributed by atoms with Crippen LogP contribution in [0, 0.1) is 0 Å². The van der Waals surface area contributed by atoms with Gasteiger partial charge in [0.2, 0.25) is 10.0 Å². The molecule has 140 valence electrons. The Morgan fingerprint density at radius 1 is 0.889 bits per heavy atom. The number of aromatic nitrogens is 2. The Balaban J connectivity index is 1.86. The van der Waals surface area contributed by atoms with Crippen molar-refractivity contribution >= 4 is 27.3 Å². The van der Waals surface area contributed by atoms with Gasteiger partial charge in [-0.3, -0.25) is 4.72 Å². The SMILES string of the molecule is CCCS(=O)(=O)Nc1ccc(N(Cc2ccccc2)c2ccccc2)nn1. The summed E-state index contributed by atoms with van der Waals surface area (Å²) in [5.41, 5.74) is 2.12. The van der Waals surface area contributed by atoms with Crippen molar-refractivity contribution in [3.63, 3.8) is 0 Å². The third-order valence-electron chi connectivity index (χ3n) is 3.91. The zero-order chi connectivity index (χ0) is 19.1. The fourth-order valence-corrected chi connectivity index (χ4v) is 3.75. The summed E-state index contributed by atoms with van der Waals surface area (Å²) in [6, 6.07) is 23.4. The molecule has 27 heavy (non-hydrogen) atoms. The Bertz CT molecular complexity index is 946. The summed E-state index contributed by atoms with van der Waals surface area (Å²) >= 11 is 0. The van der Waals surface area contributed by atoms with Crippen molar-refractivity contribution in [2.45, 2.75) is 19.9 Å². The van der Waals surface area contributed by atoms with Crippen LogP contribution >= 0.6 is 0 Å². The molecule has 0 atom stereocenters. The average Bonchev–Trinajstić information content (AvgIpc) is 2.68. The van der Waals surface area contributed by atoms with E-state index in [1.807, 2.05) is 60.4 Å². The van der Waals surface area contributed by atoms with Gasteiger partial charge in [-0.2, -0.15) is 0 Å². The summed E-state index contributed by atoms with van der Waals surface area (Å²) in [6.07, 6.45) is 0.541. The van der Waals surface area contributed by atoms with Crippen LogP contribution in [0.3, 0.4) is 0 Å². The highest BCUT2D eigenvalue weighted by Crippen LogP contribution is 2.25. The zero-order valence-electron chi connectivity index (χ0n) is 15.1. The number of hydrogen-bond acceptors (Lipinski definition) is 5. The second kappa shape index (κ2) is 8.64. The van der Waals surface area contributed by atoms with Gasteiger partial charge in [0, 0.05) is 12.2 Å². The van der Waals surface area contributed by atoms with Crippen LogP contribution in [0.2, 0.25) is 0 Å². The summed E-state index contributed by atoms with van der Waals surface area (Å²) < 4.78 is 26.2. The van der Waals surface area contributed by atoms with Crippen LogP contribution in [0.4, 0.5) is 17.3 Å². The van der Waals surface area contributed by atoms with Crippen molar-refractivity contribution in [2.75, 3.05) is 15.4 Å². The van der Waals surface area contributed by atoms with E-state index in [0.29, 0.717) is 18.8 Å². The minimum atomic E-state index is -3.38. The quantitative estimate of drug-likeness (QED) is 0.638. The second-order valence-corrected chi connectivity index (χ2v) is 7.95. The lowest BCUT2D eigenvalue weighted by Crippen LogP contribution is -2.20. The third kappa shape index (κ3) is 5.27. The van der Waals surface area contributed by atoms with E-state index in [4.69, 9.17) is 0 Å². The van der Waals surface area contributed by atoms with Crippen LogP contribution in [0.5, 0.6) is 0 Å². The van der Waals surface area contributed by atoms with E-state index < -0.39 is 10.0 Å². The van der Waals surface area contributed by atoms with E-state index in [0.717, 1.165) is 11.3 Å². The second-order valence-electron chi connectivity index (χ2n) is 6.10. The van der Waals surface area contributed by atoms with E-state index in [1.165, 1.54) is 0 Å². The molecular formula is C20H22N4O2S. The maximum Gasteiger partial charge on any atom is 0.233 e. The zero-order valence-corrected chi connectivity index (χ0v) is 15.9. The van der Waals surface area contributed by atoms with E-state index >= 15 is 0 Å². The Hall–Kier alpha value is -2.93. The molecule has 0 saturated heterocycles. The molecule has 3 aromatic rings. The summed E-state index contributed by atoms with van der Waals surface area (Å²) in [5.74, 6) is 0.920. The first kappa shape index (κ1) is 18.8. The minimum Gasteiger partial charge on any atom is -0.320 e. The molecule has 2 aromatic carbocycles. The van der Waals surface area contributed by atoms with E-state index in [2.05, 4.69) is 27.1 Å². The molecule has 1 aromatic heterocycles. The summed E-state index contributed by atoms with van der Waals surface area (Å²) in [6.45, 7) is 2.44. The molecule has 0 aliphatic carbocycles. The highest BCUT2D eigenvalue weighted by molar-refractivity contribution is 7.92. The predicted octanol–water partition coefficient (Wildman–Crippen LogP) is 3.97. The molecule has 6 nitrogen and oxygen atoms in total. The van der Waals surface area contributed by atoms with Gasteiger partial charge < -0.3 is 4.90 Å². The predicted molar refractivity (Wildman–Crippen MR) is 108 cm³/mol. The van der Waals surface area contributed by atoms with Gasteiger partial charge in [-0.05, 0) is 36.2 Å². The standard InChI is InChI=1S/C20H22N4O2S/c1-2-15-27(25,26)23-19-13-14-20(22-21-19)24(18-11-7-4-8-12-18)16-17-9-5-3-6-10-17/h3-14H,2,15-16H2,1H3,(H,21,23). The van der Waals surface area contributed by atoms with Gasteiger partial charge in [0.25, 0.3) is 0 Å². The summed E-state index contributed by atoms with van der Waals surface area (Å²) in [4.78, 5) is 2.03. The first-order chi connectivity index (χ1) is 13.1. The molecule has 0 aliphatic heterocycles. The topological polar surface area (TPSA) is 75.2 Å². The number of nitrogens with zero attached hydrogens (tertiary/aromatic N) is 3. The Morgan fingerprint density at radius 2 is 1.56 bits per heavy atom. The molecule has 7 heteroatoms. The van der Waals surface area contributed by atoms with Crippen molar-refractivity contribution in [3.8, 4) is 0 Å². The highest BCUT2D eigenvalue weighted by Gasteiger charge is 2.14. The van der Waals surface area contributed by atoms with Crippen LogP contribution in [0.15, 0.2) is 72.8 Å². The minimum absolute atomic E-state index is 0.0561. The molecule has 0 fully saturated rings. The molecule has 0 radical (unpaired) electrons. The summed E-state index contributed by atoms with van der Waals surface area (Å²) in [5, 5.41) is 8.30. The van der Waals surface area contributed by atoms with Gasteiger partial charge in [-0.25, -0.2) is 8.42 Å². The van der Waals surface area contributed by atoms with Crippen molar-refractivity contribution in [2.24, 2.45) is 0 Å². The third-order valence-corrected chi connectivity index (χ3v) is 5.38. The van der Waals surface area contributed by atoms with Gasteiger partial charge in [-0.1, -0.05) is 55.5 Å². The average molecular weight is 382 g/mol. The van der Waals surface area contributed by atoms with Gasteiger partial charge in [-0.15, -0.1) is 10.2 Å². The normalized spacial score (nSPS) is 11.1. The number of benzene rings is 2. The van der Waals surface area contributed by atoms with Crippen molar-refractivity contribution < 1.29 is 8.42 Å². The van der Waals surface area contributed by atoms with Gasteiger partial charge >= 0.3 is 0 Å². The van der Waals surface area contributed by atoms with E-state index in [1.54, 1.807) is 12.1 Å². The lowest BCUT2D eigenvalue weighted by molar-refractivity contribution is 0.599. The highest BCUT2D eigenvalue weighted by atomic mass is 32.2. The number of sulfonamides is 1. The largest absolute Gasteiger partial charge is 0.320 e. The molecule has 0 saturated carbocycles. The molecule has 1 heterocycles. The van der Waals surface area contributed by atoms with Crippen molar-refractivity contribution in [1.29, 1.82) is 0 Å². The molecular weight excluding hydrogens is 360 g/mol. The maximum absolute atomic E-state index is 11.9. The van der Waals surface area contributed by atoms with Gasteiger partial charge in [0.05, 0.1) is 5.75 Å². The van der Waals surface area contributed by atoms with Gasteiger partial charge in [0.15, 0.2) is 11.6 Å². The number of anilines is 3. The fourth-order valence-electron chi connectivity index (χ4n) is 2.68. The first-order valence-corrected chi connectivity index (χ1v) is 10.4. The van der Waals surface area contributed by atoms with Crippen LogP contribution in [-0.4, -0.2) is 24.4 Å². The molecule has 0 unspecified atom stereocenters. The number of nitrogens with one attached hydrogen (secondary N) is 1. The lowest BCUT2D eigenvalue weighted by Gasteiger charge is -2.23. The molecule has 0 amide bonds. The molecule has 0 aliphatic rings. The Morgan fingerprint density at radius 3 is 2.15 bits per heavy atom. The molecule has 1 N–H and O–H groups in total. The van der Waals surface area contributed by atoms with Crippen molar-refractivity contribution in [3.05, 3.63) is 78.4 Å². The van der Waals surface area contributed by atoms with Crippen LogP contribution in [0.25, 0.3) is 0 Å². The van der Waals surface area contributed by atoms with Crippen LogP contribution in [0.1, 0.15) is 18.9 Å². The maximum atomic E-state index is 11.9. The van der Waals surface area contributed by atoms with Crippen molar-refractivity contribution in [1.82, 2.24) is 10.2 Å².